The summed E-state index contributed by atoms with van der Waals surface area (Å²) in [5.41, 5.74) is 1.84. The van der Waals surface area contributed by atoms with E-state index in [0.717, 1.165) is 38.0 Å². The molecule has 0 aliphatic carbocycles. The number of ketones is 1. The second-order valence-corrected chi connectivity index (χ2v) is 10.1. The molecule has 2 saturated heterocycles. The first kappa shape index (κ1) is 29.4. The molecule has 2 N–H and O–H groups in total. The number of phenolic OH excluding ortho intramolecular Hbond substituents is 1. The van der Waals surface area contributed by atoms with Crippen LogP contribution in [0.25, 0.3) is 5.76 Å². The van der Waals surface area contributed by atoms with E-state index in [2.05, 4.69) is 11.8 Å². The lowest BCUT2D eigenvalue weighted by Crippen LogP contribution is -2.38. The molecule has 0 radical (unpaired) electrons. The summed E-state index contributed by atoms with van der Waals surface area (Å²) < 4.78 is 16.9. The van der Waals surface area contributed by atoms with Gasteiger partial charge in [-0.3, -0.25) is 14.5 Å². The van der Waals surface area contributed by atoms with Crippen molar-refractivity contribution in [3.63, 3.8) is 0 Å². The van der Waals surface area contributed by atoms with Crippen molar-refractivity contribution in [1.82, 2.24) is 9.80 Å². The van der Waals surface area contributed by atoms with Crippen LogP contribution in [0, 0.1) is 6.92 Å². The Morgan fingerprint density at radius 2 is 1.77 bits per heavy atom. The van der Waals surface area contributed by atoms with E-state index in [0.29, 0.717) is 56.3 Å². The number of carbonyl (C=O) groups is 2. The summed E-state index contributed by atoms with van der Waals surface area (Å²) in [5.74, 6) is -0.706. The number of benzene rings is 2. The number of Topliss-reactive ketones (excluding diaryl/α,β-unsaturated/α-hetero) is 1. The molecule has 0 bridgehead atoms. The number of morpholine rings is 1. The Morgan fingerprint density at radius 1 is 1.00 bits per heavy atom. The van der Waals surface area contributed by atoms with Gasteiger partial charge < -0.3 is 29.3 Å². The van der Waals surface area contributed by atoms with Crippen molar-refractivity contribution in [2.24, 2.45) is 0 Å². The number of amides is 1. The van der Waals surface area contributed by atoms with Crippen molar-refractivity contribution in [3.05, 3.63) is 58.7 Å². The highest BCUT2D eigenvalue weighted by molar-refractivity contribution is 6.46. The molecular weight excluding hydrogens is 512 g/mol. The van der Waals surface area contributed by atoms with E-state index in [9.17, 15) is 19.8 Å². The van der Waals surface area contributed by atoms with E-state index >= 15 is 0 Å². The zero-order valence-electron chi connectivity index (χ0n) is 23.6. The lowest BCUT2D eigenvalue weighted by molar-refractivity contribution is -0.140. The Balaban J connectivity index is 1.69. The lowest BCUT2D eigenvalue weighted by Gasteiger charge is -2.29. The maximum Gasteiger partial charge on any atom is 0.295 e. The van der Waals surface area contributed by atoms with Crippen LogP contribution in [0.4, 0.5) is 0 Å². The van der Waals surface area contributed by atoms with E-state index in [1.54, 1.807) is 30.3 Å². The third-order valence-electron chi connectivity index (χ3n) is 7.32. The normalized spacial score (nSPS) is 19.3. The van der Waals surface area contributed by atoms with Gasteiger partial charge in [-0.05, 0) is 68.1 Å². The molecule has 216 valence electrons. The number of ether oxygens (including phenoxy) is 3. The molecular formula is C31H40N2O7. The Morgan fingerprint density at radius 3 is 2.48 bits per heavy atom. The summed E-state index contributed by atoms with van der Waals surface area (Å²) in [5, 5.41) is 21.8. The number of nitrogens with zero attached hydrogens (tertiary/aromatic N) is 2. The smallest absolute Gasteiger partial charge is 0.295 e. The number of aliphatic hydroxyl groups is 1. The van der Waals surface area contributed by atoms with Crippen LogP contribution in [0.1, 0.15) is 55.8 Å². The number of rotatable bonds is 12. The molecule has 0 spiro atoms. The topological polar surface area (TPSA) is 109 Å². The predicted molar refractivity (Wildman–Crippen MR) is 152 cm³/mol. The molecule has 9 heteroatoms. The Bertz CT molecular complexity index is 1240. The van der Waals surface area contributed by atoms with Gasteiger partial charge in [0.1, 0.15) is 11.5 Å². The summed E-state index contributed by atoms with van der Waals surface area (Å²) >= 11 is 0. The Labute approximate surface area is 235 Å². The molecule has 2 fully saturated rings. The van der Waals surface area contributed by atoms with Crippen LogP contribution in [0.3, 0.4) is 0 Å². The third kappa shape index (κ3) is 6.59. The fraction of sp³-hybridized carbons (Fsp3) is 0.484. The monoisotopic (exact) mass is 552 g/mol. The number of aryl methyl sites for hydroxylation is 1. The fourth-order valence-electron chi connectivity index (χ4n) is 5.16. The molecule has 2 aliphatic heterocycles. The molecule has 1 atom stereocenters. The highest BCUT2D eigenvalue weighted by Crippen LogP contribution is 2.42. The van der Waals surface area contributed by atoms with Gasteiger partial charge in [0, 0.05) is 31.7 Å². The number of carbonyl (C=O) groups excluding carboxylic acids is 2. The van der Waals surface area contributed by atoms with Gasteiger partial charge in [0.2, 0.25) is 0 Å². The second kappa shape index (κ2) is 13.7. The van der Waals surface area contributed by atoms with E-state index in [1.165, 1.54) is 11.0 Å². The van der Waals surface area contributed by atoms with Gasteiger partial charge in [-0.2, -0.15) is 0 Å². The van der Waals surface area contributed by atoms with Crippen LogP contribution in [-0.4, -0.2) is 84.3 Å². The van der Waals surface area contributed by atoms with E-state index < -0.39 is 17.7 Å². The van der Waals surface area contributed by atoms with Gasteiger partial charge in [-0.15, -0.1) is 0 Å². The van der Waals surface area contributed by atoms with Crippen LogP contribution < -0.4 is 9.47 Å². The second-order valence-electron chi connectivity index (χ2n) is 10.1. The lowest BCUT2D eigenvalue weighted by atomic mass is 9.94. The van der Waals surface area contributed by atoms with Crippen LogP contribution >= 0.6 is 0 Å². The third-order valence-corrected chi connectivity index (χ3v) is 7.32. The number of likely N-dealkylation sites (tertiary alicyclic amines) is 1. The highest BCUT2D eigenvalue weighted by atomic mass is 16.5. The van der Waals surface area contributed by atoms with Crippen LogP contribution in [0.5, 0.6) is 17.2 Å². The largest absolute Gasteiger partial charge is 0.507 e. The number of aromatic hydroxyl groups is 1. The quantitative estimate of drug-likeness (QED) is 0.172. The Hall–Kier alpha value is -3.56. The molecule has 0 unspecified atom stereocenters. The minimum absolute atomic E-state index is 0.0172. The number of aliphatic hydroxyl groups excluding tert-OH is 1. The van der Waals surface area contributed by atoms with Gasteiger partial charge in [0.05, 0.1) is 38.0 Å². The molecule has 40 heavy (non-hydrogen) atoms. The molecule has 2 aromatic rings. The molecule has 2 heterocycles. The van der Waals surface area contributed by atoms with E-state index in [1.807, 2.05) is 13.8 Å². The maximum atomic E-state index is 13.4. The predicted octanol–water partition coefficient (Wildman–Crippen LogP) is 4.42. The molecule has 0 saturated carbocycles. The number of hydrogen-bond acceptors (Lipinski definition) is 8. The van der Waals surface area contributed by atoms with Crippen molar-refractivity contribution in [3.8, 4) is 17.2 Å². The zero-order valence-corrected chi connectivity index (χ0v) is 23.6. The fourth-order valence-corrected chi connectivity index (χ4v) is 5.16. The average molecular weight is 553 g/mol. The molecule has 4 rings (SSSR count). The summed E-state index contributed by atoms with van der Waals surface area (Å²) in [4.78, 5) is 30.6. The van der Waals surface area contributed by atoms with E-state index in [4.69, 9.17) is 14.2 Å². The average Bonchev–Trinajstić information content (AvgIpc) is 3.20. The molecule has 2 aromatic carbocycles. The van der Waals surface area contributed by atoms with Gasteiger partial charge >= 0.3 is 0 Å². The first-order valence-corrected chi connectivity index (χ1v) is 14.1. The summed E-state index contributed by atoms with van der Waals surface area (Å²) in [6.07, 6.45) is 2.61. The number of unbranched alkanes of at least 4 members (excludes halogenated alkanes) is 1. The summed E-state index contributed by atoms with van der Waals surface area (Å²) in [7, 11) is 0. The van der Waals surface area contributed by atoms with Crippen molar-refractivity contribution >= 4 is 17.4 Å². The van der Waals surface area contributed by atoms with Crippen molar-refractivity contribution in [1.29, 1.82) is 0 Å². The minimum atomic E-state index is -0.828. The number of hydrogen-bond donors (Lipinski definition) is 2. The molecule has 1 amide bonds. The van der Waals surface area contributed by atoms with Crippen molar-refractivity contribution < 1.29 is 34.0 Å². The Kier molecular flexibility index (Phi) is 10.1. The van der Waals surface area contributed by atoms with Gasteiger partial charge in [-0.1, -0.05) is 19.4 Å². The first-order chi connectivity index (χ1) is 19.3. The highest BCUT2D eigenvalue weighted by Gasteiger charge is 2.46. The van der Waals surface area contributed by atoms with Crippen LogP contribution in [0.2, 0.25) is 0 Å². The standard InChI is InChI=1S/C31H40N2O7/c1-4-6-16-40-25-11-9-23(19-21(25)3)29(35)27-28(22-8-10-24(34)26(20-22)39-5-2)33(31(37)30(27)36)13-7-12-32-14-17-38-18-15-32/h8-11,19-20,28,34-35H,4-7,12-18H2,1-3H3/t28-/m0/s1. The summed E-state index contributed by atoms with van der Waals surface area (Å²) in [6.45, 7) is 10.8. The van der Waals surface area contributed by atoms with Crippen molar-refractivity contribution in [2.45, 2.75) is 46.1 Å². The minimum Gasteiger partial charge on any atom is -0.507 e. The van der Waals surface area contributed by atoms with Crippen molar-refractivity contribution in [2.75, 3.05) is 52.6 Å². The summed E-state index contributed by atoms with van der Waals surface area (Å²) in [6, 6.07) is 9.20. The first-order valence-electron chi connectivity index (χ1n) is 14.1. The maximum absolute atomic E-state index is 13.4. The zero-order chi connectivity index (χ0) is 28.6. The van der Waals surface area contributed by atoms with Crippen LogP contribution in [-0.2, 0) is 14.3 Å². The number of phenols is 1. The molecule has 2 aliphatic rings. The molecule has 0 aromatic heterocycles. The SMILES string of the molecule is CCCCOc1ccc(C(O)=C2C(=O)C(=O)N(CCCN3CCOCC3)[C@H]2c2ccc(O)c(OCC)c2)cc1C. The van der Waals surface area contributed by atoms with E-state index in [-0.39, 0.29) is 22.8 Å². The van der Waals surface area contributed by atoms with Gasteiger partial charge in [-0.25, -0.2) is 0 Å². The van der Waals surface area contributed by atoms with Crippen LogP contribution in [0.15, 0.2) is 42.0 Å². The van der Waals surface area contributed by atoms with Gasteiger partial charge in [0.25, 0.3) is 11.7 Å². The molecule has 9 nitrogen and oxygen atoms in total. The van der Waals surface area contributed by atoms with Gasteiger partial charge in [0.15, 0.2) is 11.5 Å².